The van der Waals surface area contributed by atoms with Crippen LogP contribution in [0.3, 0.4) is 0 Å². The van der Waals surface area contributed by atoms with Gasteiger partial charge in [0.2, 0.25) is 0 Å². The van der Waals surface area contributed by atoms with Crippen molar-refractivity contribution in [2.75, 3.05) is 0 Å². The second-order valence-corrected chi connectivity index (χ2v) is 4.58. The van der Waals surface area contributed by atoms with E-state index in [1.54, 1.807) is 0 Å². The van der Waals surface area contributed by atoms with E-state index in [9.17, 15) is 0 Å². The highest BCUT2D eigenvalue weighted by Crippen LogP contribution is 2.14. The lowest BCUT2D eigenvalue weighted by Gasteiger charge is -2.14. The maximum Gasteiger partial charge on any atom is 0.0260 e. The second-order valence-electron chi connectivity index (χ2n) is 3.66. The van der Waals surface area contributed by atoms with E-state index in [-0.39, 0.29) is 6.04 Å². The molecule has 1 unspecified atom stereocenters. The lowest BCUT2D eigenvalue weighted by Crippen LogP contribution is -2.36. The molecule has 0 amide bonds. The average molecular weight is 281 g/mol. The highest BCUT2D eigenvalue weighted by Gasteiger charge is 2.06. The van der Waals surface area contributed by atoms with Crippen molar-refractivity contribution in [3.05, 3.63) is 34.3 Å². The van der Waals surface area contributed by atoms with Crippen LogP contribution in [0.4, 0.5) is 0 Å². The number of rotatable bonds is 5. The predicted molar refractivity (Wildman–Crippen MR) is 71.6 cm³/mol. The quantitative estimate of drug-likeness (QED) is 0.494. The minimum absolute atomic E-state index is 0.287. The van der Waals surface area contributed by atoms with Crippen LogP contribution in [0, 0.1) is 11.8 Å². The van der Waals surface area contributed by atoms with Gasteiger partial charge in [0, 0.05) is 16.9 Å². The molecule has 0 fully saturated rings. The molecular weight excluding hydrogens is 264 g/mol. The summed E-state index contributed by atoms with van der Waals surface area (Å²) < 4.78 is 1.11. The van der Waals surface area contributed by atoms with Crippen LogP contribution in [0.15, 0.2) is 28.7 Å². The van der Waals surface area contributed by atoms with E-state index in [1.165, 1.54) is 5.56 Å². The number of nitrogens with two attached hydrogens (primary N) is 1. The lowest BCUT2D eigenvalue weighted by molar-refractivity contribution is 0.497. The van der Waals surface area contributed by atoms with Crippen molar-refractivity contribution in [2.45, 2.75) is 32.2 Å². The molecule has 16 heavy (non-hydrogen) atoms. The van der Waals surface area contributed by atoms with Crippen LogP contribution in [0.1, 0.15) is 25.3 Å². The first-order chi connectivity index (χ1) is 7.76. The molecule has 1 rings (SSSR count). The molecule has 3 heteroatoms. The highest BCUT2D eigenvalue weighted by atomic mass is 79.9. The predicted octanol–water partition coefficient (Wildman–Crippen LogP) is 2.63. The van der Waals surface area contributed by atoms with E-state index < -0.39 is 0 Å². The summed E-state index contributed by atoms with van der Waals surface area (Å²) in [5, 5.41) is 0. The van der Waals surface area contributed by atoms with Crippen LogP contribution in [-0.4, -0.2) is 6.04 Å². The summed E-state index contributed by atoms with van der Waals surface area (Å²) in [6.07, 6.45) is 2.80. The summed E-state index contributed by atoms with van der Waals surface area (Å²) in [5.41, 5.74) is 4.13. The van der Waals surface area contributed by atoms with Gasteiger partial charge in [-0.25, -0.2) is 0 Å². The Hall–Kier alpha value is -0.820. The van der Waals surface area contributed by atoms with Gasteiger partial charge in [-0.05, 0) is 37.5 Å². The third-order valence-corrected chi connectivity index (χ3v) is 2.89. The van der Waals surface area contributed by atoms with E-state index >= 15 is 0 Å². The zero-order chi connectivity index (χ0) is 11.8. The molecule has 0 aliphatic rings. The number of benzene rings is 1. The molecule has 1 aromatic carbocycles. The third kappa shape index (κ3) is 4.80. The van der Waals surface area contributed by atoms with E-state index in [0.29, 0.717) is 0 Å². The number of halogens is 1. The van der Waals surface area contributed by atoms with Crippen LogP contribution >= 0.6 is 15.9 Å². The smallest absolute Gasteiger partial charge is 0.0260 e. The summed E-state index contributed by atoms with van der Waals surface area (Å²) in [7, 11) is 0. The highest BCUT2D eigenvalue weighted by molar-refractivity contribution is 9.10. The van der Waals surface area contributed by atoms with Crippen molar-refractivity contribution in [3.8, 4) is 11.8 Å². The average Bonchev–Trinajstić information content (AvgIpc) is 2.28. The van der Waals surface area contributed by atoms with Gasteiger partial charge in [0.05, 0.1) is 0 Å². The molecule has 1 atom stereocenters. The normalized spacial score (nSPS) is 11.7. The molecule has 0 aromatic heterocycles. The van der Waals surface area contributed by atoms with Crippen molar-refractivity contribution in [2.24, 2.45) is 5.84 Å². The van der Waals surface area contributed by atoms with Gasteiger partial charge >= 0.3 is 0 Å². The molecule has 3 N–H and O–H groups in total. The summed E-state index contributed by atoms with van der Waals surface area (Å²) in [4.78, 5) is 0. The fourth-order valence-corrected chi connectivity index (χ4v) is 2.01. The van der Waals surface area contributed by atoms with E-state index in [0.717, 1.165) is 23.7 Å². The largest absolute Gasteiger partial charge is 0.271 e. The van der Waals surface area contributed by atoms with Gasteiger partial charge in [0.1, 0.15) is 0 Å². The molecular formula is C13H17BrN2. The molecule has 0 aliphatic carbocycles. The Labute approximate surface area is 106 Å². The van der Waals surface area contributed by atoms with Crippen molar-refractivity contribution in [1.29, 1.82) is 0 Å². The van der Waals surface area contributed by atoms with Crippen LogP contribution in [0.5, 0.6) is 0 Å². The van der Waals surface area contributed by atoms with E-state index in [4.69, 9.17) is 5.84 Å². The van der Waals surface area contributed by atoms with Crippen molar-refractivity contribution in [3.63, 3.8) is 0 Å². The van der Waals surface area contributed by atoms with E-state index in [1.807, 2.05) is 19.1 Å². The number of nitrogens with one attached hydrogen (secondary N) is 1. The maximum absolute atomic E-state index is 5.53. The molecule has 1 aromatic rings. The summed E-state index contributed by atoms with van der Waals surface area (Å²) in [5.74, 6) is 11.5. The van der Waals surface area contributed by atoms with Crippen molar-refractivity contribution in [1.82, 2.24) is 5.43 Å². The summed E-state index contributed by atoms with van der Waals surface area (Å²) in [6.45, 7) is 1.86. The maximum atomic E-state index is 5.53. The monoisotopic (exact) mass is 280 g/mol. The second kappa shape index (κ2) is 7.45. The van der Waals surface area contributed by atoms with Gasteiger partial charge < -0.3 is 0 Å². The Balaban J connectivity index is 2.51. The van der Waals surface area contributed by atoms with Crippen LogP contribution < -0.4 is 11.3 Å². The molecule has 0 spiro atoms. The fourth-order valence-electron chi connectivity index (χ4n) is 1.56. The Morgan fingerprint density at radius 1 is 1.50 bits per heavy atom. The van der Waals surface area contributed by atoms with Crippen LogP contribution in [0.25, 0.3) is 0 Å². The Kier molecular flexibility index (Phi) is 6.17. The standard InChI is InChI=1S/C13H17BrN2/c1-2-3-4-8-13(16-15)10-11-6-5-7-12(14)9-11/h5-7,9,13,16H,4,8,10,15H2,1H3. The number of hydrogen-bond donors (Lipinski definition) is 2. The topological polar surface area (TPSA) is 38.0 Å². The van der Waals surface area contributed by atoms with E-state index in [2.05, 4.69) is 45.3 Å². The third-order valence-electron chi connectivity index (χ3n) is 2.40. The molecule has 0 heterocycles. The van der Waals surface area contributed by atoms with Gasteiger partial charge in [-0.15, -0.1) is 11.8 Å². The number of hydrogen-bond acceptors (Lipinski definition) is 2. The fraction of sp³-hybridized carbons (Fsp3) is 0.385. The molecule has 86 valence electrons. The van der Waals surface area contributed by atoms with Gasteiger partial charge in [-0.3, -0.25) is 11.3 Å². The molecule has 2 nitrogen and oxygen atoms in total. The molecule has 0 aliphatic heterocycles. The Bertz CT molecular complexity index is 379. The first kappa shape index (κ1) is 13.2. The Morgan fingerprint density at radius 3 is 2.94 bits per heavy atom. The molecule has 0 bridgehead atoms. The van der Waals surface area contributed by atoms with Gasteiger partial charge in [-0.2, -0.15) is 0 Å². The first-order valence-electron chi connectivity index (χ1n) is 5.36. The minimum atomic E-state index is 0.287. The summed E-state index contributed by atoms with van der Waals surface area (Å²) >= 11 is 3.46. The summed E-state index contributed by atoms with van der Waals surface area (Å²) in [6, 6.07) is 8.59. The zero-order valence-corrected chi connectivity index (χ0v) is 11.0. The van der Waals surface area contributed by atoms with Gasteiger partial charge in [0.15, 0.2) is 0 Å². The SMILES string of the molecule is CC#CCCC(Cc1cccc(Br)c1)NN. The zero-order valence-electron chi connectivity index (χ0n) is 9.46. The molecule has 0 saturated carbocycles. The van der Waals surface area contributed by atoms with Crippen molar-refractivity contribution >= 4 is 15.9 Å². The Morgan fingerprint density at radius 2 is 2.31 bits per heavy atom. The van der Waals surface area contributed by atoms with Gasteiger partial charge in [-0.1, -0.05) is 28.1 Å². The van der Waals surface area contributed by atoms with Crippen LogP contribution in [0.2, 0.25) is 0 Å². The molecule has 0 radical (unpaired) electrons. The minimum Gasteiger partial charge on any atom is -0.271 e. The van der Waals surface area contributed by atoms with Crippen LogP contribution in [-0.2, 0) is 6.42 Å². The lowest BCUT2D eigenvalue weighted by atomic mass is 10.0. The first-order valence-corrected chi connectivity index (χ1v) is 6.15. The van der Waals surface area contributed by atoms with Gasteiger partial charge in [0.25, 0.3) is 0 Å². The van der Waals surface area contributed by atoms with Crippen molar-refractivity contribution < 1.29 is 0 Å². The number of hydrazine groups is 1. The molecule has 0 saturated heterocycles.